The summed E-state index contributed by atoms with van der Waals surface area (Å²) in [5.74, 6) is -0.0556. The fourth-order valence-electron chi connectivity index (χ4n) is 1.51. The molecule has 0 aromatic heterocycles. The van der Waals surface area contributed by atoms with Crippen LogP contribution in [0.5, 0.6) is 5.75 Å². The number of halogens is 1. The van der Waals surface area contributed by atoms with Crippen molar-refractivity contribution < 1.29 is 9.13 Å². The molecule has 2 aromatic rings. The highest BCUT2D eigenvalue weighted by Crippen LogP contribution is 2.25. The van der Waals surface area contributed by atoms with Crippen LogP contribution in [0.25, 0.3) is 5.76 Å². The van der Waals surface area contributed by atoms with Crippen LogP contribution < -0.4 is 4.74 Å². The van der Waals surface area contributed by atoms with Crippen LogP contribution >= 0.6 is 0 Å². The maximum Gasteiger partial charge on any atom is 0.148 e. The molecule has 0 N–H and O–H groups in total. The number of ether oxygens (including phenoxy) is 1. The highest BCUT2D eigenvalue weighted by atomic mass is 19.1. The van der Waals surface area contributed by atoms with E-state index in [-0.39, 0.29) is 11.3 Å². The number of benzene rings is 2. The van der Waals surface area contributed by atoms with E-state index in [4.69, 9.17) is 10.00 Å². The Morgan fingerprint density at radius 1 is 1.11 bits per heavy atom. The third kappa shape index (κ3) is 2.38. The molecular formula is C15H10FNO. The Morgan fingerprint density at radius 2 is 1.83 bits per heavy atom. The van der Waals surface area contributed by atoms with Crippen molar-refractivity contribution in [1.82, 2.24) is 0 Å². The zero-order valence-electron chi connectivity index (χ0n) is 9.56. The smallest absolute Gasteiger partial charge is 0.148 e. The summed E-state index contributed by atoms with van der Waals surface area (Å²) in [7, 11) is 0. The number of nitrogens with zero attached hydrogens (tertiary/aromatic N) is 1. The van der Waals surface area contributed by atoms with Crippen molar-refractivity contribution >= 4 is 5.76 Å². The van der Waals surface area contributed by atoms with Gasteiger partial charge >= 0.3 is 0 Å². The van der Waals surface area contributed by atoms with Gasteiger partial charge in [-0.15, -0.1) is 0 Å². The van der Waals surface area contributed by atoms with Crippen molar-refractivity contribution in [3.05, 3.63) is 72.1 Å². The highest BCUT2D eigenvalue weighted by Gasteiger charge is 2.10. The van der Waals surface area contributed by atoms with Gasteiger partial charge in [0.1, 0.15) is 29.0 Å². The lowest BCUT2D eigenvalue weighted by Gasteiger charge is -2.10. The fourth-order valence-corrected chi connectivity index (χ4v) is 1.51. The van der Waals surface area contributed by atoms with Gasteiger partial charge in [0.05, 0.1) is 0 Å². The molecular weight excluding hydrogens is 229 g/mol. The van der Waals surface area contributed by atoms with E-state index in [1.807, 2.05) is 30.3 Å². The van der Waals surface area contributed by atoms with Crippen LogP contribution in [0.1, 0.15) is 11.1 Å². The Bertz CT molecular complexity index is 614. The molecule has 0 saturated carbocycles. The Balaban J connectivity index is 2.29. The van der Waals surface area contributed by atoms with Gasteiger partial charge in [0.25, 0.3) is 0 Å². The zero-order valence-corrected chi connectivity index (χ0v) is 9.56. The van der Waals surface area contributed by atoms with Crippen molar-refractivity contribution in [2.45, 2.75) is 0 Å². The van der Waals surface area contributed by atoms with Crippen molar-refractivity contribution in [3.63, 3.8) is 0 Å². The summed E-state index contributed by atoms with van der Waals surface area (Å²) >= 11 is 0. The van der Waals surface area contributed by atoms with Crippen molar-refractivity contribution in [2.75, 3.05) is 0 Å². The van der Waals surface area contributed by atoms with Crippen LogP contribution in [-0.4, -0.2) is 0 Å². The van der Waals surface area contributed by atoms with Crippen molar-refractivity contribution in [3.8, 4) is 11.8 Å². The standard InChI is InChI=1S/C15H10FNO/c1-11(12-6-3-2-4-7-12)18-15-9-5-8-14(16)13(15)10-17/h2-9H,1H2. The van der Waals surface area contributed by atoms with E-state index in [2.05, 4.69) is 6.58 Å². The Morgan fingerprint density at radius 3 is 2.50 bits per heavy atom. The second-order valence-corrected chi connectivity index (χ2v) is 3.62. The Hall–Kier alpha value is -2.60. The summed E-state index contributed by atoms with van der Waals surface area (Å²) in [5.41, 5.74) is 0.667. The monoisotopic (exact) mass is 239 g/mol. The van der Waals surface area contributed by atoms with Crippen LogP contribution in [0, 0.1) is 17.1 Å². The first kappa shape index (κ1) is 11.9. The van der Waals surface area contributed by atoms with E-state index in [0.29, 0.717) is 5.76 Å². The van der Waals surface area contributed by atoms with Gasteiger partial charge in [0, 0.05) is 5.56 Å². The van der Waals surface area contributed by atoms with Gasteiger partial charge in [0.2, 0.25) is 0 Å². The molecule has 0 aliphatic rings. The summed E-state index contributed by atoms with van der Waals surface area (Å²) in [4.78, 5) is 0. The van der Waals surface area contributed by atoms with E-state index in [0.717, 1.165) is 5.56 Å². The molecule has 18 heavy (non-hydrogen) atoms. The van der Waals surface area contributed by atoms with Crippen LogP contribution in [0.3, 0.4) is 0 Å². The zero-order chi connectivity index (χ0) is 13.0. The highest BCUT2D eigenvalue weighted by molar-refractivity contribution is 5.61. The molecule has 0 spiro atoms. The van der Waals surface area contributed by atoms with Crippen LogP contribution in [0.4, 0.5) is 4.39 Å². The van der Waals surface area contributed by atoms with E-state index in [9.17, 15) is 4.39 Å². The van der Waals surface area contributed by atoms with E-state index >= 15 is 0 Å². The predicted octanol–water partition coefficient (Wildman–Crippen LogP) is 3.75. The third-order valence-electron chi connectivity index (χ3n) is 2.42. The molecule has 0 saturated heterocycles. The summed E-state index contributed by atoms with van der Waals surface area (Å²) < 4.78 is 18.8. The number of hydrogen-bond acceptors (Lipinski definition) is 2. The van der Waals surface area contributed by atoms with E-state index in [1.165, 1.54) is 18.2 Å². The predicted molar refractivity (Wildman–Crippen MR) is 67.2 cm³/mol. The van der Waals surface area contributed by atoms with E-state index in [1.54, 1.807) is 6.07 Å². The first-order chi connectivity index (χ1) is 8.72. The molecule has 2 nitrogen and oxygen atoms in total. The van der Waals surface area contributed by atoms with Crippen molar-refractivity contribution in [2.24, 2.45) is 0 Å². The minimum atomic E-state index is -0.601. The van der Waals surface area contributed by atoms with Crippen LogP contribution in [0.15, 0.2) is 55.1 Å². The third-order valence-corrected chi connectivity index (χ3v) is 2.42. The molecule has 2 aromatic carbocycles. The summed E-state index contributed by atoms with van der Waals surface area (Å²) in [6.07, 6.45) is 0. The largest absolute Gasteiger partial charge is 0.456 e. The quantitative estimate of drug-likeness (QED) is 0.764. The Kier molecular flexibility index (Phi) is 3.40. The molecule has 0 radical (unpaired) electrons. The molecule has 2 rings (SSSR count). The van der Waals surface area contributed by atoms with Gasteiger partial charge in [-0.2, -0.15) is 5.26 Å². The molecule has 0 fully saturated rings. The molecule has 0 aliphatic carbocycles. The van der Waals surface area contributed by atoms with Gasteiger partial charge in [-0.05, 0) is 12.1 Å². The summed E-state index contributed by atoms with van der Waals surface area (Å²) in [5, 5.41) is 8.88. The lowest BCUT2D eigenvalue weighted by Crippen LogP contribution is -1.96. The van der Waals surface area contributed by atoms with Gasteiger partial charge < -0.3 is 4.74 Å². The van der Waals surface area contributed by atoms with Gasteiger partial charge in [-0.1, -0.05) is 43.0 Å². The number of hydrogen-bond donors (Lipinski definition) is 0. The summed E-state index contributed by atoms with van der Waals surface area (Å²) in [6.45, 7) is 3.77. The molecule has 3 heteroatoms. The average Bonchev–Trinajstić information content (AvgIpc) is 2.40. The SMILES string of the molecule is C=C(Oc1cccc(F)c1C#N)c1ccccc1. The first-order valence-corrected chi connectivity index (χ1v) is 5.33. The van der Waals surface area contributed by atoms with Crippen molar-refractivity contribution in [1.29, 1.82) is 5.26 Å². The normalized spacial score (nSPS) is 9.56. The van der Waals surface area contributed by atoms with Gasteiger partial charge in [0.15, 0.2) is 0 Å². The molecule has 0 unspecified atom stereocenters. The average molecular weight is 239 g/mol. The molecule has 0 aliphatic heterocycles. The lowest BCUT2D eigenvalue weighted by molar-refractivity contribution is 0.505. The number of nitriles is 1. The number of rotatable bonds is 3. The first-order valence-electron chi connectivity index (χ1n) is 5.33. The van der Waals surface area contributed by atoms with Gasteiger partial charge in [-0.25, -0.2) is 4.39 Å². The minimum Gasteiger partial charge on any atom is -0.456 e. The topological polar surface area (TPSA) is 33.0 Å². The van der Waals surface area contributed by atoms with Gasteiger partial charge in [-0.3, -0.25) is 0 Å². The fraction of sp³-hybridized carbons (Fsp3) is 0. The molecule has 0 amide bonds. The maximum atomic E-state index is 13.4. The maximum absolute atomic E-state index is 13.4. The second-order valence-electron chi connectivity index (χ2n) is 3.62. The van der Waals surface area contributed by atoms with Crippen LogP contribution in [-0.2, 0) is 0 Å². The summed E-state index contributed by atoms with van der Waals surface area (Å²) in [6, 6.07) is 15.3. The molecule has 0 atom stereocenters. The van der Waals surface area contributed by atoms with Crippen LogP contribution in [0.2, 0.25) is 0 Å². The minimum absolute atomic E-state index is 0.116. The molecule has 0 bridgehead atoms. The second kappa shape index (κ2) is 5.15. The Labute approximate surface area is 105 Å². The molecule has 0 heterocycles. The van der Waals surface area contributed by atoms with E-state index < -0.39 is 5.82 Å². The lowest BCUT2D eigenvalue weighted by atomic mass is 10.2. The molecule has 88 valence electrons.